The first-order valence-corrected chi connectivity index (χ1v) is 6.63. The molecule has 0 aliphatic heterocycles. The molecule has 0 radical (unpaired) electrons. The van der Waals surface area contributed by atoms with Gasteiger partial charge in [0.25, 0.3) is 0 Å². The first kappa shape index (κ1) is 12.3. The van der Waals surface area contributed by atoms with Crippen molar-refractivity contribution in [2.75, 3.05) is 0 Å². The van der Waals surface area contributed by atoms with Crippen LogP contribution >= 0.6 is 0 Å². The summed E-state index contributed by atoms with van der Waals surface area (Å²) < 4.78 is 0. The molecule has 2 heteroatoms. The molecule has 0 amide bonds. The highest BCUT2D eigenvalue weighted by atomic mass is 16.1. The van der Waals surface area contributed by atoms with Gasteiger partial charge in [0.1, 0.15) is 0 Å². The fraction of sp³-hybridized carbons (Fsp3) is 0.533. The molecule has 1 fully saturated rings. The van der Waals surface area contributed by atoms with Crippen LogP contribution in [0.15, 0.2) is 30.3 Å². The second-order valence-corrected chi connectivity index (χ2v) is 4.98. The predicted octanol–water partition coefficient (Wildman–Crippen LogP) is 3.23. The monoisotopic (exact) mass is 231 g/mol. The maximum atomic E-state index is 12.3. The minimum Gasteiger partial charge on any atom is -0.318 e. The summed E-state index contributed by atoms with van der Waals surface area (Å²) in [6, 6.07) is 9.29. The van der Waals surface area contributed by atoms with E-state index < -0.39 is 6.04 Å². The highest BCUT2D eigenvalue weighted by molar-refractivity contribution is 5.87. The summed E-state index contributed by atoms with van der Waals surface area (Å²) >= 11 is 0. The second kappa shape index (κ2) is 5.97. The fourth-order valence-electron chi connectivity index (χ4n) is 2.64. The molecule has 17 heavy (non-hydrogen) atoms. The molecular weight excluding hydrogens is 210 g/mol. The zero-order valence-corrected chi connectivity index (χ0v) is 10.3. The number of hydrogen-bond acceptors (Lipinski definition) is 2. The highest BCUT2D eigenvalue weighted by Gasteiger charge is 2.25. The largest absolute Gasteiger partial charge is 0.318 e. The lowest BCUT2D eigenvalue weighted by Gasteiger charge is -2.18. The molecule has 0 bridgehead atoms. The number of ketones is 1. The number of rotatable bonds is 3. The Morgan fingerprint density at radius 2 is 1.65 bits per heavy atom. The van der Waals surface area contributed by atoms with Gasteiger partial charge in [-0.3, -0.25) is 4.79 Å². The van der Waals surface area contributed by atoms with E-state index in [9.17, 15) is 4.79 Å². The van der Waals surface area contributed by atoms with Gasteiger partial charge in [0.2, 0.25) is 0 Å². The van der Waals surface area contributed by atoms with Crippen molar-refractivity contribution in [1.82, 2.24) is 0 Å². The van der Waals surface area contributed by atoms with Crippen LogP contribution in [0.5, 0.6) is 0 Å². The molecule has 2 nitrogen and oxygen atoms in total. The molecule has 1 aromatic rings. The van der Waals surface area contributed by atoms with Crippen molar-refractivity contribution in [1.29, 1.82) is 0 Å². The summed E-state index contributed by atoms with van der Waals surface area (Å²) in [6.07, 6.45) is 6.95. The maximum absolute atomic E-state index is 12.3. The van der Waals surface area contributed by atoms with Crippen molar-refractivity contribution in [3.8, 4) is 0 Å². The van der Waals surface area contributed by atoms with E-state index in [1.54, 1.807) is 0 Å². The van der Waals surface area contributed by atoms with Gasteiger partial charge in [-0.05, 0) is 18.4 Å². The van der Waals surface area contributed by atoms with E-state index in [0.717, 1.165) is 18.4 Å². The summed E-state index contributed by atoms with van der Waals surface area (Å²) in [7, 11) is 0. The standard InChI is InChI=1S/C15H21NO/c16-14(12-8-6-3-7-9-12)15(17)13-10-4-1-2-5-11-13/h3,6-9,13-14H,1-2,4-5,10-11,16H2. The fourth-order valence-corrected chi connectivity index (χ4v) is 2.64. The van der Waals surface area contributed by atoms with Crippen molar-refractivity contribution in [3.05, 3.63) is 35.9 Å². The second-order valence-electron chi connectivity index (χ2n) is 4.98. The molecule has 1 aliphatic carbocycles. The van der Waals surface area contributed by atoms with E-state index in [1.807, 2.05) is 30.3 Å². The molecule has 1 saturated carbocycles. The number of carbonyl (C=O) groups is 1. The third kappa shape index (κ3) is 3.16. The van der Waals surface area contributed by atoms with Crippen molar-refractivity contribution in [2.24, 2.45) is 11.7 Å². The van der Waals surface area contributed by atoms with Gasteiger partial charge >= 0.3 is 0 Å². The number of carbonyl (C=O) groups excluding carboxylic acids is 1. The summed E-state index contributed by atoms with van der Waals surface area (Å²) in [5, 5.41) is 0. The molecular formula is C15H21NO. The zero-order valence-electron chi connectivity index (χ0n) is 10.3. The maximum Gasteiger partial charge on any atom is 0.157 e. The first-order valence-electron chi connectivity index (χ1n) is 6.63. The predicted molar refractivity (Wildman–Crippen MR) is 69.6 cm³/mol. The van der Waals surface area contributed by atoms with Gasteiger partial charge < -0.3 is 5.73 Å². The Hall–Kier alpha value is -1.15. The Morgan fingerprint density at radius 3 is 2.24 bits per heavy atom. The Bertz CT molecular complexity index is 352. The molecule has 1 aromatic carbocycles. The summed E-state index contributed by atoms with van der Waals surface area (Å²) in [5.74, 6) is 0.422. The number of Topliss-reactive ketones (excluding diaryl/α,β-unsaturated/α-hetero) is 1. The Labute approximate surface area is 103 Å². The van der Waals surface area contributed by atoms with Crippen molar-refractivity contribution >= 4 is 5.78 Å². The summed E-state index contributed by atoms with van der Waals surface area (Å²) in [5.41, 5.74) is 7.02. The Balaban J connectivity index is 2.03. The van der Waals surface area contributed by atoms with Crippen LogP contribution in [0.25, 0.3) is 0 Å². The molecule has 2 rings (SSSR count). The van der Waals surface area contributed by atoms with Crippen LogP contribution in [-0.2, 0) is 4.79 Å². The van der Waals surface area contributed by atoms with Gasteiger partial charge in [0, 0.05) is 5.92 Å². The number of benzene rings is 1. The van der Waals surface area contributed by atoms with E-state index in [1.165, 1.54) is 25.7 Å². The van der Waals surface area contributed by atoms with Crippen molar-refractivity contribution in [2.45, 2.75) is 44.6 Å². The van der Waals surface area contributed by atoms with Crippen LogP contribution in [0.3, 0.4) is 0 Å². The van der Waals surface area contributed by atoms with Crippen LogP contribution in [0, 0.1) is 5.92 Å². The van der Waals surface area contributed by atoms with Gasteiger partial charge in [-0.2, -0.15) is 0 Å². The van der Waals surface area contributed by atoms with Crippen molar-refractivity contribution in [3.63, 3.8) is 0 Å². The van der Waals surface area contributed by atoms with Crippen LogP contribution in [0.4, 0.5) is 0 Å². The minimum atomic E-state index is -0.431. The Morgan fingerprint density at radius 1 is 1.06 bits per heavy atom. The third-order valence-electron chi connectivity index (χ3n) is 3.72. The molecule has 2 N–H and O–H groups in total. The topological polar surface area (TPSA) is 43.1 Å². The van der Waals surface area contributed by atoms with Gasteiger partial charge in [0.15, 0.2) is 5.78 Å². The van der Waals surface area contributed by atoms with Crippen LogP contribution in [0.1, 0.15) is 50.1 Å². The smallest absolute Gasteiger partial charge is 0.157 e. The highest BCUT2D eigenvalue weighted by Crippen LogP contribution is 2.27. The van der Waals surface area contributed by atoms with Crippen LogP contribution in [-0.4, -0.2) is 5.78 Å². The van der Waals surface area contributed by atoms with E-state index in [4.69, 9.17) is 5.73 Å². The lowest BCUT2D eigenvalue weighted by molar-refractivity contribution is -0.124. The molecule has 0 heterocycles. The molecule has 1 aliphatic rings. The lowest BCUT2D eigenvalue weighted by Crippen LogP contribution is -2.28. The molecule has 0 saturated heterocycles. The van der Waals surface area contributed by atoms with Gasteiger partial charge in [-0.1, -0.05) is 56.0 Å². The molecule has 1 atom stereocenters. The molecule has 1 unspecified atom stereocenters. The van der Waals surface area contributed by atoms with Gasteiger partial charge in [-0.15, -0.1) is 0 Å². The van der Waals surface area contributed by atoms with Gasteiger partial charge in [0.05, 0.1) is 6.04 Å². The van der Waals surface area contributed by atoms with E-state index in [-0.39, 0.29) is 11.7 Å². The zero-order chi connectivity index (χ0) is 12.1. The molecule has 0 aromatic heterocycles. The quantitative estimate of drug-likeness (QED) is 0.812. The normalized spacial score (nSPS) is 19.6. The van der Waals surface area contributed by atoms with Crippen LogP contribution < -0.4 is 5.73 Å². The summed E-state index contributed by atoms with van der Waals surface area (Å²) in [6.45, 7) is 0. The molecule has 92 valence electrons. The van der Waals surface area contributed by atoms with Crippen molar-refractivity contribution < 1.29 is 4.79 Å². The van der Waals surface area contributed by atoms with Crippen LogP contribution in [0.2, 0.25) is 0 Å². The van der Waals surface area contributed by atoms with E-state index in [0.29, 0.717) is 0 Å². The average Bonchev–Trinajstić information content (AvgIpc) is 2.67. The molecule has 0 spiro atoms. The van der Waals surface area contributed by atoms with Gasteiger partial charge in [-0.25, -0.2) is 0 Å². The minimum absolute atomic E-state index is 0.188. The third-order valence-corrected chi connectivity index (χ3v) is 3.72. The Kier molecular flexibility index (Phi) is 4.32. The average molecular weight is 231 g/mol. The summed E-state index contributed by atoms with van der Waals surface area (Å²) in [4.78, 5) is 12.3. The number of nitrogens with two attached hydrogens (primary N) is 1. The first-order chi connectivity index (χ1) is 8.29. The van der Waals surface area contributed by atoms with E-state index in [2.05, 4.69) is 0 Å². The number of hydrogen-bond donors (Lipinski definition) is 1. The van der Waals surface area contributed by atoms with E-state index >= 15 is 0 Å². The SMILES string of the molecule is NC(C(=O)C1CCCCCC1)c1ccccc1. The lowest BCUT2D eigenvalue weighted by atomic mass is 9.88.